The van der Waals surface area contributed by atoms with E-state index in [-0.39, 0.29) is 9.92 Å². The summed E-state index contributed by atoms with van der Waals surface area (Å²) < 4.78 is 40.3. The molecule has 8 heteroatoms. The van der Waals surface area contributed by atoms with Gasteiger partial charge in [0.05, 0.1) is 10.0 Å². The summed E-state index contributed by atoms with van der Waals surface area (Å²) >= 11 is 17.1. The van der Waals surface area contributed by atoms with Crippen LogP contribution >= 0.6 is 34.8 Å². The number of hydrogen-bond donors (Lipinski definition) is 1. The smallest absolute Gasteiger partial charge is 0.207 e. The van der Waals surface area contributed by atoms with Gasteiger partial charge in [-0.25, -0.2) is 17.5 Å². The summed E-state index contributed by atoms with van der Waals surface area (Å²) in [5.74, 6) is -0.970. The lowest BCUT2D eigenvalue weighted by Crippen LogP contribution is -2.48. The first-order valence-corrected chi connectivity index (χ1v) is 7.98. The fraction of sp³-hybridized carbons (Fsp3) is 0.455. The molecule has 1 rings (SSSR count). The van der Waals surface area contributed by atoms with Crippen LogP contribution in [0.5, 0.6) is 0 Å². The van der Waals surface area contributed by atoms with Crippen molar-refractivity contribution >= 4 is 44.8 Å². The minimum Gasteiger partial charge on any atom is -0.207 e. The Morgan fingerprint density at radius 2 is 1.84 bits per heavy atom. The van der Waals surface area contributed by atoms with Crippen LogP contribution in [0.4, 0.5) is 4.39 Å². The summed E-state index contributed by atoms with van der Waals surface area (Å²) in [5, 5.41) is -1.26. The molecule has 3 nitrogen and oxygen atoms in total. The van der Waals surface area contributed by atoms with Gasteiger partial charge in [-0.1, -0.05) is 23.2 Å². The first-order valence-electron chi connectivity index (χ1n) is 5.30. The Bertz CT molecular complexity index is 588. The van der Waals surface area contributed by atoms with E-state index in [1.807, 2.05) is 0 Å². The predicted octanol–water partition coefficient (Wildman–Crippen LogP) is 3.82. The number of rotatable bonds is 4. The highest BCUT2D eigenvalue weighted by Gasteiger charge is 2.32. The Kier molecular flexibility index (Phi) is 5.13. The molecule has 0 radical (unpaired) electrons. The Morgan fingerprint density at radius 1 is 1.32 bits per heavy atom. The van der Waals surface area contributed by atoms with Gasteiger partial charge >= 0.3 is 0 Å². The molecule has 0 aromatic heterocycles. The van der Waals surface area contributed by atoms with E-state index in [1.54, 1.807) is 20.8 Å². The van der Waals surface area contributed by atoms with Gasteiger partial charge in [0.2, 0.25) is 10.0 Å². The van der Waals surface area contributed by atoms with E-state index in [0.717, 1.165) is 12.1 Å². The van der Waals surface area contributed by atoms with Gasteiger partial charge < -0.3 is 0 Å². The summed E-state index contributed by atoms with van der Waals surface area (Å²) in [7, 11) is -4.00. The predicted molar refractivity (Wildman–Crippen MR) is 76.1 cm³/mol. The van der Waals surface area contributed by atoms with Crippen molar-refractivity contribution in [1.29, 1.82) is 0 Å². The van der Waals surface area contributed by atoms with Crippen LogP contribution in [0.3, 0.4) is 0 Å². The Hall–Kier alpha value is -0.0700. The van der Waals surface area contributed by atoms with Crippen molar-refractivity contribution in [2.45, 2.75) is 36.6 Å². The first kappa shape index (κ1) is 17.0. The largest absolute Gasteiger partial charge is 0.242 e. The minimum atomic E-state index is -4.00. The zero-order chi connectivity index (χ0) is 15.0. The van der Waals surface area contributed by atoms with Gasteiger partial charge in [0.1, 0.15) is 4.90 Å². The molecule has 0 aliphatic rings. The minimum absolute atomic E-state index is 0.242. The maximum absolute atomic E-state index is 13.5. The molecule has 1 N–H and O–H groups in total. The van der Waals surface area contributed by atoms with Crippen molar-refractivity contribution in [2.75, 3.05) is 0 Å². The van der Waals surface area contributed by atoms with Crippen LogP contribution in [-0.2, 0) is 10.0 Å². The maximum Gasteiger partial charge on any atom is 0.242 e. The average Bonchev–Trinajstić information content (AvgIpc) is 2.23. The number of halogens is 4. The van der Waals surface area contributed by atoms with Gasteiger partial charge in [-0.2, -0.15) is 0 Å². The van der Waals surface area contributed by atoms with Crippen LogP contribution in [0.15, 0.2) is 17.0 Å². The molecule has 0 spiro atoms. The number of hydrogen-bond acceptors (Lipinski definition) is 2. The van der Waals surface area contributed by atoms with Crippen molar-refractivity contribution in [3.8, 4) is 0 Å². The highest BCUT2D eigenvalue weighted by molar-refractivity contribution is 7.89. The molecule has 0 saturated carbocycles. The zero-order valence-corrected chi connectivity index (χ0v) is 13.6. The molecule has 0 heterocycles. The maximum atomic E-state index is 13.5. The van der Waals surface area contributed by atoms with Gasteiger partial charge in [-0.05, 0) is 32.9 Å². The molecule has 0 fully saturated rings. The van der Waals surface area contributed by atoms with Crippen molar-refractivity contribution in [3.63, 3.8) is 0 Å². The molecule has 0 aliphatic carbocycles. The number of alkyl halides is 1. The molecule has 0 bridgehead atoms. The molecular formula is C11H13Cl3FNO2S. The normalized spacial score (nSPS) is 14.5. The van der Waals surface area contributed by atoms with Crippen LogP contribution in [0.25, 0.3) is 0 Å². The summed E-state index contributed by atoms with van der Waals surface area (Å²) in [6, 6.07) is 2.28. The second-order valence-corrected chi connectivity index (χ2v) is 7.71. The van der Waals surface area contributed by atoms with Crippen LogP contribution in [0.1, 0.15) is 20.8 Å². The Morgan fingerprint density at radius 3 is 2.32 bits per heavy atom. The van der Waals surface area contributed by atoms with Gasteiger partial charge in [0, 0.05) is 10.9 Å². The number of benzene rings is 1. The molecule has 0 aliphatic heterocycles. The first-order chi connectivity index (χ1) is 8.49. The third-order valence-electron chi connectivity index (χ3n) is 2.68. The van der Waals surface area contributed by atoms with Crippen molar-refractivity contribution in [3.05, 3.63) is 28.0 Å². The van der Waals surface area contributed by atoms with Gasteiger partial charge in [0.15, 0.2) is 5.82 Å². The molecular weight excluding hydrogens is 336 g/mol. The summed E-state index contributed by atoms with van der Waals surface area (Å²) in [5.41, 5.74) is -0.917. The monoisotopic (exact) mass is 347 g/mol. The SMILES string of the molecule is CC(Cl)C(C)(C)NS(=O)(=O)c1ccc(Cl)c(F)c1Cl. The highest BCUT2D eigenvalue weighted by Crippen LogP contribution is 2.30. The van der Waals surface area contributed by atoms with E-state index < -0.39 is 31.8 Å². The van der Waals surface area contributed by atoms with Crippen LogP contribution in [0.2, 0.25) is 10.0 Å². The van der Waals surface area contributed by atoms with E-state index in [9.17, 15) is 12.8 Å². The topological polar surface area (TPSA) is 46.2 Å². The lowest BCUT2D eigenvalue weighted by molar-refractivity contribution is 0.445. The molecule has 19 heavy (non-hydrogen) atoms. The van der Waals surface area contributed by atoms with E-state index in [1.165, 1.54) is 0 Å². The molecule has 1 atom stereocenters. The molecule has 0 amide bonds. The molecule has 1 aromatic rings. The third-order valence-corrected chi connectivity index (χ3v) is 5.71. The van der Waals surface area contributed by atoms with Crippen LogP contribution in [-0.4, -0.2) is 19.3 Å². The average molecular weight is 349 g/mol. The van der Waals surface area contributed by atoms with Crippen LogP contribution < -0.4 is 4.72 Å². The highest BCUT2D eigenvalue weighted by atomic mass is 35.5. The number of nitrogens with one attached hydrogen (secondary N) is 1. The lowest BCUT2D eigenvalue weighted by atomic mass is 10.0. The summed E-state index contributed by atoms with van der Waals surface area (Å²) in [4.78, 5) is -0.374. The fourth-order valence-corrected chi connectivity index (χ4v) is 3.54. The van der Waals surface area contributed by atoms with Crippen molar-refractivity contribution in [1.82, 2.24) is 4.72 Å². The standard InChI is InChI=1S/C11H13Cl3FNO2S/c1-6(12)11(2,3)16-19(17,18)8-5-4-7(13)10(15)9(8)14/h4-6,16H,1-3H3. The van der Waals surface area contributed by atoms with E-state index in [2.05, 4.69) is 4.72 Å². The number of sulfonamides is 1. The third kappa shape index (κ3) is 3.73. The fourth-order valence-electron chi connectivity index (χ4n) is 1.20. The summed E-state index contributed by atoms with van der Waals surface area (Å²) in [6.45, 7) is 4.87. The zero-order valence-electron chi connectivity index (χ0n) is 10.5. The van der Waals surface area contributed by atoms with Crippen molar-refractivity contribution < 1.29 is 12.8 Å². The van der Waals surface area contributed by atoms with Crippen LogP contribution in [0, 0.1) is 5.82 Å². The van der Waals surface area contributed by atoms with Crippen molar-refractivity contribution in [2.24, 2.45) is 0 Å². The van der Waals surface area contributed by atoms with E-state index in [4.69, 9.17) is 34.8 Å². The quantitative estimate of drug-likeness (QED) is 0.664. The molecule has 1 unspecified atom stereocenters. The van der Waals surface area contributed by atoms with E-state index in [0.29, 0.717) is 0 Å². The molecule has 1 aromatic carbocycles. The van der Waals surface area contributed by atoms with Gasteiger partial charge in [-0.15, -0.1) is 11.6 Å². The molecule has 0 saturated heterocycles. The molecule has 108 valence electrons. The Balaban J connectivity index is 3.27. The van der Waals surface area contributed by atoms with Gasteiger partial charge in [-0.3, -0.25) is 0 Å². The van der Waals surface area contributed by atoms with Gasteiger partial charge in [0.25, 0.3) is 0 Å². The lowest BCUT2D eigenvalue weighted by Gasteiger charge is -2.28. The summed E-state index contributed by atoms with van der Waals surface area (Å²) in [6.07, 6.45) is 0. The van der Waals surface area contributed by atoms with E-state index >= 15 is 0 Å². The Labute approximate surface area is 127 Å². The second kappa shape index (κ2) is 5.74. The second-order valence-electron chi connectivity index (χ2n) is 4.62.